The minimum atomic E-state index is -0.390. The van der Waals surface area contributed by atoms with Crippen LogP contribution in [0.25, 0.3) is 0 Å². The lowest BCUT2D eigenvalue weighted by Crippen LogP contribution is -2.41. The van der Waals surface area contributed by atoms with E-state index in [1.807, 2.05) is 25.1 Å². The van der Waals surface area contributed by atoms with Crippen molar-refractivity contribution in [3.05, 3.63) is 30.1 Å². The SMILES string of the molecule is CCC[C@H](N)C(=O)N(C)Cc1ccccn1. The molecule has 0 unspecified atom stereocenters. The molecule has 0 aliphatic heterocycles. The molecule has 0 aromatic carbocycles. The zero-order valence-corrected chi connectivity index (χ0v) is 9.89. The second kappa shape index (κ2) is 6.23. The molecule has 1 amide bonds. The molecule has 0 saturated heterocycles. The summed E-state index contributed by atoms with van der Waals surface area (Å²) in [6.07, 6.45) is 3.37. The van der Waals surface area contributed by atoms with Crippen molar-refractivity contribution < 1.29 is 4.79 Å². The van der Waals surface area contributed by atoms with Gasteiger partial charge in [-0.15, -0.1) is 0 Å². The van der Waals surface area contributed by atoms with Gasteiger partial charge in [0.25, 0.3) is 0 Å². The molecule has 0 fully saturated rings. The summed E-state index contributed by atoms with van der Waals surface area (Å²) in [5.74, 6) is -0.0208. The van der Waals surface area contributed by atoms with Gasteiger partial charge in [0.15, 0.2) is 0 Å². The maximum atomic E-state index is 11.8. The molecule has 0 bridgehead atoms. The fourth-order valence-electron chi connectivity index (χ4n) is 1.53. The highest BCUT2D eigenvalue weighted by molar-refractivity contribution is 5.81. The minimum Gasteiger partial charge on any atom is -0.339 e. The van der Waals surface area contributed by atoms with Crippen LogP contribution in [0.15, 0.2) is 24.4 Å². The number of amides is 1. The molecule has 0 spiro atoms. The Balaban J connectivity index is 2.52. The third kappa shape index (κ3) is 3.62. The Bertz CT molecular complexity index is 326. The highest BCUT2D eigenvalue weighted by Gasteiger charge is 2.17. The summed E-state index contributed by atoms with van der Waals surface area (Å²) in [7, 11) is 1.76. The molecule has 4 nitrogen and oxygen atoms in total. The number of carbonyl (C=O) groups excluding carboxylic acids is 1. The Morgan fingerprint density at radius 1 is 1.56 bits per heavy atom. The lowest BCUT2D eigenvalue weighted by molar-refractivity contribution is -0.132. The third-order valence-corrected chi connectivity index (χ3v) is 2.42. The fraction of sp³-hybridized carbons (Fsp3) is 0.500. The van der Waals surface area contributed by atoms with Gasteiger partial charge in [0, 0.05) is 13.2 Å². The molecule has 88 valence electrons. The summed E-state index contributed by atoms with van der Waals surface area (Å²) < 4.78 is 0. The van der Waals surface area contributed by atoms with Crippen LogP contribution < -0.4 is 5.73 Å². The molecule has 1 aromatic heterocycles. The Morgan fingerprint density at radius 3 is 2.88 bits per heavy atom. The molecular weight excluding hydrogens is 202 g/mol. The van der Waals surface area contributed by atoms with Gasteiger partial charge in [0.2, 0.25) is 5.91 Å². The van der Waals surface area contributed by atoms with Crippen molar-refractivity contribution >= 4 is 5.91 Å². The minimum absolute atomic E-state index is 0.0208. The maximum Gasteiger partial charge on any atom is 0.239 e. The van der Waals surface area contributed by atoms with Crippen LogP contribution in [0.4, 0.5) is 0 Å². The monoisotopic (exact) mass is 221 g/mol. The molecule has 16 heavy (non-hydrogen) atoms. The second-order valence-electron chi connectivity index (χ2n) is 3.91. The van der Waals surface area contributed by atoms with E-state index in [-0.39, 0.29) is 5.91 Å². The smallest absolute Gasteiger partial charge is 0.239 e. The lowest BCUT2D eigenvalue weighted by atomic mass is 10.1. The third-order valence-electron chi connectivity index (χ3n) is 2.42. The van der Waals surface area contributed by atoms with Gasteiger partial charge < -0.3 is 10.6 Å². The van der Waals surface area contributed by atoms with E-state index in [9.17, 15) is 4.79 Å². The molecule has 2 N–H and O–H groups in total. The Kier molecular flexibility index (Phi) is 4.92. The van der Waals surface area contributed by atoms with E-state index in [0.29, 0.717) is 6.54 Å². The first kappa shape index (κ1) is 12.6. The number of hydrogen-bond acceptors (Lipinski definition) is 3. The van der Waals surface area contributed by atoms with E-state index in [4.69, 9.17) is 5.73 Å². The van der Waals surface area contributed by atoms with Crippen LogP contribution in [-0.4, -0.2) is 28.9 Å². The zero-order valence-electron chi connectivity index (χ0n) is 9.89. The summed E-state index contributed by atoms with van der Waals surface area (Å²) in [5.41, 5.74) is 6.65. The van der Waals surface area contributed by atoms with E-state index in [0.717, 1.165) is 18.5 Å². The normalized spacial score (nSPS) is 12.2. The molecule has 1 rings (SSSR count). The summed E-state index contributed by atoms with van der Waals surface area (Å²) in [5, 5.41) is 0. The number of likely N-dealkylation sites (N-methyl/N-ethyl adjacent to an activating group) is 1. The summed E-state index contributed by atoms with van der Waals surface area (Å²) in [6, 6.07) is 5.27. The number of aromatic nitrogens is 1. The van der Waals surface area contributed by atoms with Crippen LogP contribution in [0.1, 0.15) is 25.5 Å². The van der Waals surface area contributed by atoms with Crippen molar-refractivity contribution in [3.63, 3.8) is 0 Å². The van der Waals surface area contributed by atoms with Crippen molar-refractivity contribution in [2.75, 3.05) is 7.05 Å². The first-order valence-electron chi connectivity index (χ1n) is 5.55. The van der Waals surface area contributed by atoms with Gasteiger partial charge in [-0.05, 0) is 18.6 Å². The van der Waals surface area contributed by atoms with Crippen molar-refractivity contribution in [2.24, 2.45) is 5.73 Å². The van der Waals surface area contributed by atoms with Gasteiger partial charge in [-0.3, -0.25) is 9.78 Å². The molecule has 0 aliphatic rings. The van der Waals surface area contributed by atoms with Crippen LogP contribution in [-0.2, 0) is 11.3 Å². The highest BCUT2D eigenvalue weighted by atomic mass is 16.2. The van der Waals surface area contributed by atoms with Crippen LogP contribution in [0.2, 0.25) is 0 Å². The maximum absolute atomic E-state index is 11.8. The van der Waals surface area contributed by atoms with Gasteiger partial charge in [-0.2, -0.15) is 0 Å². The predicted molar refractivity (Wildman–Crippen MR) is 63.6 cm³/mol. The predicted octanol–water partition coefficient (Wildman–Crippen LogP) is 1.17. The van der Waals surface area contributed by atoms with E-state index >= 15 is 0 Å². The number of carbonyl (C=O) groups is 1. The molecule has 0 radical (unpaired) electrons. The molecular formula is C12H19N3O. The molecule has 1 heterocycles. The summed E-state index contributed by atoms with van der Waals surface area (Å²) in [4.78, 5) is 17.6. The standard InChI is InChI=1S/C12H19N3O/c1-3-6-11(13)12(16)15(2)9-10-7-4-5-8-14-10/h4-5,7-8,11H,3,6,9,13H2,1-2H3/t11-/m0/s1. The van der Waals surface area contributed by atoms with Crippen LogP contribution in [0.3, 0.4) is 0 Å². The first-order chi connectivity index (χ1) is 7.65. The lowest BCUT2D eigenvalue weighted by Gasteiger charge is -2.20. The van der Waals surface area contributed by atoms with Gasteiger partial charge in [-0.1, -0.05) is 19.4 Å². The second-order valence-corrected chi connectivity index (χ2v) is 3.91. The quantitative estimate of drug-likeness (QED) is 0.812. The Hall–Kier alpha value is -1.42. The zero-order chi connectivity index (χ0) is 12.0. The number of hydrogen-bond donors (Lipinski definition) is 1. The molecule has 1 atom stereocenters. The van der Waals surface area contributed by atoms with Crippen molar-refractivity contribution in [2.45, 2.75) is 32.4 Å². The molecule has 4 heteroatoms. The largest absolute Gasteiger partial charge is 0.339 e. The van der Waals surface area contributed by atoms with Crippen LogP contribution >= 0.6 is 0 Å². The van der Waals surface area contributed by atoms with Gasteiger partial charge >= 0.3 is 0 Å². The van der Waals surface area contributed by atoms with Gasteiger partial charge in [-0.25, -0.2) is 0 Å². The van der Waals surface area contributed by atoms with E-state index in [2.05, 4.69) is 4.98 Å². The number of rotatable bonds is 5. The average molecular weight is 221 g/mol. The average Bonchev–Trinajstić information content (AvgIpc) is 2.29. The van der Waals surface area contributed by atoms with Gasteiger partial charge in [0.1, 0.15) is 0 Å². The van der Waals surface area contributed by atoms with Crippen LogP contribution in [0, 0.1) is 0 Å². The van der Waals surface area contributed by atoms with Crippen molar-refractivity contribution in [1.82, 2.24) is 9.88 Å². The van der Waals surface area contributed by atoms with Crippen LogP contribution in [0.5, 0.6) is 0 Å². The van der Waals surface area contributed by atoms with E-state index in [1.54, 1.807) is 18.1 Å². The molecule has 1 aromatic rings. The topological polar surface area (TPSA) is 59.2 Å². The molecule has 0 aliphatic carbocycles. The van der Waals surface area contributed by atoms with E-state index < -0.39 is 6.04 Å². The fourth-order valence-corrected chi connectivity index (χ4v) is 1.53. The van der Waals surface area contributed by atoms with Gasteiger partial charge in [0.05, 0.1) is 18.3 Å². The number of nitrogens with zero attached hydrogens (tertiary/aromatic N) is 2. The van der Waals surface area contributed by atoms with Crippen molar-refractivity contribution in [1.29, 1.82) is 0 Å². The van der Waals surface area contributed by atoms with Crippen molar-refractivity contribution in [3.8, 4) is 0 Å². The first-order valence-corrected chi connectivity index (χ1v) is 5.55. The Labute approximate surface area is 96.5 Å². The highest BCUT2D eigenvalue weighted by Crippen LogP contribution is 2.03. The summed E-state index contributed by atoms with van der Waals surface area (Å²) >= 11 is 0. The van der Waals surface area contributed by atoms with E-state index in [1.165, 1.54) is 0 Å². The summed E-state index contributed by atoms with van der Waals surface area (Å²) in [6.45, 7) is 2.53. The molecule has 0 saturated carbocycles. The number of nitrogens with two attached hydrogens (primary N) is 1. The number of pyridine rings is 1. The Morgan fingerprint density at radius 2 is 2.31 bits per heavy atom.